The van der Waals surface area contributed by atoms with E-state index in [4.69, 9.17) is 4.74 Å². The molecule has 0 radical (unpaired) electrons. The fraction of sp³-hybridized carbons (Fsp3) is 0.462. The van der Waals surface area contributed by atoms with E-state index in [0.717, 1.165) is 36.1 Å². The maximum absolute atomic E-state index is 10.5. The third-order valence-corrected chi connectivity index (χ3v) is 3.36. The first-order chi connectivity index (χ1) is 7.73. The van der Waals surface area contributed by atoms with Crippen LogP contribution < -0.4 is 4.74 Å². The summed E-state index contributed by atoms with van der Waals surface area (Å²) in [6.07, 6.45) is 4.61. The SMILES string of the molecule is COc1c(C)cccc1C1(N=C=O)CCC1. The van der Waals surface area contributed by atoms with Crippen LogP contribution in [0.2, 0.25) is 0 Å². The number of para-hydroxylation sites is 1. The molecule has 84 valence electrons. The second-order valence-electron chi connectivity index (χ2n) is 4.24. The van der Waals surface area contributed by atoms with Gasteiger partial charge < -0.3 is 4.74 Å². The van der Waals surface area contributed by atoms with Crippen LogP contribution in [-0.4, -0.2) is 13.2 Å². The molecule has 0 atom stereocenters. The van der Waals surface area contributed by atoms with Gasteiger partial charge in [0.2, 0.25) is 6.08 Å². The lowest BCUT2D eigenvalue weighted by atomic mass is 9.71. The van der Waals surface area contributed by atoms with E-state index in [1.165, 1.54) is 0 Å². The monoisotopic (exact) mass is 217 g/mol. The summed E-state index contributed by atoms with van der Waals surface area (Å²) in [7, 11) is 1.66. The first-order valence-corrected chi connectivity index (χ1v) is 5.46. The summed E-state index contributed by atoms with van der Waals surface area (Å²) in [5.74, 6) is 0.848. The number of nitrogens with zero attached hydrogens (tertiary/aromatic N) is 1. The number of aryl methyl sites for hydroxylation is 1. The molecule has 1 saturated carbocycles. The number of rotatable bonds is 3. The molecule has 1 aromatic carbocycles. The van der Waals surface area contributed by atoms with Crippen molar-refractivity contribution in [2.75, 3.05) is 7.11 Å². The predicted octanol–water partition coefficient (Wildman–Crippen LogP) is 2.72. The van der Waals surface area contributed by atoms with Crippen molar-refractivity contribution >= 4 is 6.08 Å². The average Bonchev–Trinajstić information content (AvgIpc) is 2.23. The van der Waals surface area contributed by atoms with Crippen LogP contribution in [0.3, 0.4) is 0 Å². The summed E-state index contributed by atoms with van der Waals surface area (Å²) < 4.78 is 5.41. The molecule has 2 rings (SSSR count). The Labute approximate surface area is 95.2 Å². The molecule has 0 spiro atoms. The van der Waals surface area contributed by atoms with Gasteiger partial charge in [-0.25, -0.2) is 4.79 Å². The largest absolute Gasteiger partial charge is 0.496 e. The molecule has 0 saturated heterocycles. The van der Waals surface area contributed by atoms with E-state index >= 15 is 0 Å². The lowest BCUT2D eigenvalue weighted by Gasteiger charge is -2.38. The summed E-state index contributed by atoms with van der Waals surface area (Å²) in [5, 5.41) is 0. The maximum Gasteiger partial charge on any atom is 0.235 e. The zero-order valence-corrected chi connectivity index (χ0v) is 9.62. The van der Waals surface area contributed by atoms with Crippen LogP contribution >= 0.6 is 0 Å². The number of ether oxygens (including phenoxy) is 1. The number of isocyanates is 1. The van der Waals surface area contributed by atoms with E-state index in [9.17, 15) is 4.79 Å². The van der Waals surface area contributed by atoms with Crippen molar-refractivity contribution in [3.63, 3.8) is 0 Å². The van der Waals surface area contributed by atoms with Gasteiger partial charge in [-0.15, -0.1) is 0 Å². The quantitative estimate of drug-likeness (QED) is 0.576. The van der Waals surface area contributed by atoms with Crippen molar-refractivity contribution in [2.24, 2.45) is 4.99 Å². The van der Waals surface area contributed by atoms with Crippen molar-refractivity contribution in [3.05, 3.63) is 29.3 Å². The minimum atomic E-state index is -0.376. The summed E-state index contributed by atoms with van der Waals surface area (Å²) in [6.45, 7) is 2.00. The average molecular weight is 217 g/mol. The highest BCUT2D eigenvalue weighted by Gasteiger charge is 2.41. The van der Waals surface area contributed by atoms with Crippen molar-refractivity contribution in [2.45, 2.75) is 31.7 Å². The molecule has 0 N–H and O–H groups in total. The Bertz CT molecular complexity index is 443. The Kier molecular flexibility index (Phi) is 2.80. The molecule has 3 heteroatoms. The minimum Gasteiger partial charge on any atom is -0.496 e. The van der Waals surface area contributed by atoms with Gasteiger partial charge in [-0.2, -0.15) is 4.99 Å². The lowest BCUT2D eigenvalue weighted by Crippen LogP contribution is -2.32. The molecule has 1 fully saturated rings. The van der Waals surface area contributed by atoms with Crippen molar-refractivity contribution in [1.29, 1.82) is 0 Å². The van der Waals surface area contributed by atoms with Crippen LogP contribution in [0.5, 0.6) is 5.75 Å². The van der Waals surface area contributed by atoms with E-state index in [2.05, 4.69) is 4.99 Å². The third kappa shape index (κ3) is 1.54. The van der Waals surface area contributed by atoms with Gasteiger partial charge in [-0.3, -0.25) is 0 Å². The maximum atomic E-state index is 10.5. The van der Waals surface area contributed by atoms with Crippen LogP contribution in [-0.2, 0) is 10.3 Å². The number of benzene rings is 1. The van der Waals surface area contributed by atoms with Gasteiger partial charge in [-0.05, 0) is 31.7 Å². The van der Waals surface area contributed by atoms with Crippen LogP contribution in [0.15, 0.2) is 23.2 Å². The zero-order chi connectivity index (χ0) is 11.6. The molecule has 0 aliphatic heterocycles. The van der Waals surface area contributed by atoms with E-state index in [-0.39, 0.29) is 5.54 Å². The van der Waals surface area contributed by atoms with Crippen LogP contribution in [0.25, 0.3) is 0 Å². The molecule has 0 amide bonds. The van der Waals surface area contributed by atoms with E-state index in [1.807, 2.05) is 25.1 Å². The first-order valence-electron chi connectivity index (χ1n) is 5.46. The van der Waals surface area contributed by atoms with Crippen LogP contribution in [0, 0.1) is 6.92 Å². The smallest absolute Gasteiger partial charge is 0.235 e. The fourth-order valence-corrected chi connectivity index (χ4v) is 2.33. The second kappa shape index (κ2) is 4.11. The number of hydrogen-bond donors (Lipinski definition) is 0. The Morgan fingerprint density at radius 2 is 2.19 bits per heavy atom. The predicted molar refractivity (Wildman–Crippen MR) is 61.4 cm³/mol. The second-order valence-corrected chi connectivity index (χ2v) is 4.24. The van der Waals surface area contributed by atoms with Gasteiger partial charge in [0.1, 0.15) is 11.3 Å². The minimum absolute atomic E-state index is 0.376. The van der Waals surface area contributed by atoms with Gasteiger partial charge in [0.15, 0.2) is 0 Å². The molecular formula is C13H15NO2. The summed E-state index contributed by atoms with van der Waals surface area (Å²) in [6, 6.07) is 5.97. The van der Waals surface area contributed by atoms with Crippen molar-refractivity contribution in [1.82, 2.24) is 0 Å². The standard InChI is InChI=1S/C13H15NO2/c1-10-5-3-6-11(12(10)16-2)13(14-9-15)7-4-8-13/h3,5-6H,4,7-8H2,1-2H3. The molecule has 0 unspecified atom stereocenters. The number of aliphatic imine (C=N–C) groups is 1. The number of methoxy groups -OCH3 is 1. The van der Waals surface area contributed by atoms with Gasteiger partial charge in [0.25, 0.3) is 0 Å². The van der Waals surface area contributed by atoms with Crippen LogP contribution in [0.1, 0.15) is 30.4 Å². The topological polar surface area (TPSA) is 38.7 Å². The van der Waals surface area contributed by atoms with E-state index in [1.54, 1.807) is 13.2 Å². The molecule has 0 aromatic heterocycles. The zero-order valence-electron chi connectivity index (χ0n) is 9.62. The number of carbonyl (C=O) groups excluding carboxylic acids is 1. The van der Waals surface area contributed by atoms with E-state index < -0.39 is 0 Å². The van der Waals surface area contributed by atoms with Gasteiger partial charge in [-0.1, -0.05) is 18.2 Å². The van der Waals surface area contributed by atoms with E-state index in [0.29, 0.717) is 0 Å². The fourth-order valence-electron chi connectivity index (χ4n) is 2.33. The molecule has 3 nitrogen and oxygen atoms in total. The molecule has 1 aliphatic rings. The molecule has 16 heavy (non-hydrogen) atoms. The molecular weight excluding hydrogens is 202 g/mol. The van der Waals surface area contributed by atoms with Crippen molar-refractivity contribution < 1.29 is 9.53 Å². The first kappa shape index (κ1) is 10.9. The summed E-state index contributed by atoms with van der Waals surface area (Å²) >= 11 is 0. The van der Waals surface area contributed by atoms with Gasteiger partial charge in [0.05, 0.1) is 7.11 Å². The Morgan fingerprint density at radius 3 is 2.69 bits per heavy atom. The highest BCUT2D eigenvalue weighted by Crippen LogP contribution is 2.48. The highest BCUT2D eigenvalue weighted by atomic mass is 16.5. The Hall–Kier alpha value is -1.60. The highest BCUT2D eigenvalue weighted by molar-refractivity contribution is 5.48. The van der Waals surface area contributed by atoms with Crippen LogP contribution in [0.4, 0.5) is 0 Å². The summed E-state index contributed by atoms with van der Waals surface area (Å²) in [4.78, 5) is 14.5. The molecule has 1 aliphatic carbocycles. The van der Waals surface area contributed by atoms with Crippen molar-refractivity contribution in [3.8, 4) is 5.75 Å². The molecule has 0 heterocycles. The Morgan fingerprint density at radius 1 is 1.44 bits per heavy atom. The lowest BCUT2D eigenvalue weighted by molar-refractivity contribution is 0.245. The normalized spacial score (nSPS) is 17.1. The van der Waals surface area contributed by atoms with Gasteiger partial charge >= 0.3 is 0 Å². The molecule has 1 aromatic rings. The summed E-state index contributed by atoms with van der Waals surface area (Å²) in [5.41, 5.74) is 1.72. The molecule has 0 bridgehead atoms. The Balaban J connectivity index is 2.54. The number of hydrogen-bond acceptors (Lipinski definition) is 3. The third-order valence-electron chi connectivity index (χ3n) is 3.36. The van der Waals surface area contributed by atoms with Gasteiger partial charge in [0, 0.05) is 5.56 Å².